The molecule has 3 rings (SSSR count). The van der Waals surface area contributed by atoms with Gasteiger partial charge in [0.25, 0.3) is 5.91 Å². The van der Waals surface area contributed by atoms with Gasteiger partial charge < -0.3 is 10.6 Å². The number of unbranched alkanes of at least 4 members (excludes halogenated alkanes) is 1. The first-order valence-electron chi connectivity index (χ1n) is 9.60. The third-order valence-electron chi connectivity index (χ3n) is 5.15. The SMILES string of the molecule is CCCCNC(=O)C1CCC2S/C(=C/c3cccc(C)c3)C(=O)NC2C1. The molecule has 3 unspecified atom stereocenters. The lowest BCUT2D eigenvalue weighted by Crippen LogP contribution is -2.51. The molecule has 1 saturated carbocycles. The number of hydrogen-bond acceptors (Lipinski definition) is 3. The number of hydrogen-bond donors (Lipinski definition) is 2. The Labute approximate surface area is 160 Å². The Morgan fingerprint density at radius 3 is 3.00 bits per heavy atom. The van der Waals surface area contributed by atoms with E-state index in [1.807, 2.05) is 18.2 Å². The van der Waals surface area contributed by atoms with Crippen molar-refractivity contribution in [3.8, 4) is 0 Å². The fourth-order valence-corrected chi connectivity index (χ4v) is 4.97. The highest BCUT2D eigenvalue weighted by Crippen LogP contribution is 2.39. The molecule has 1 aromatic rings. The number of aryl methyl sites for hydroxylation is 1. The predicted molar refractivity (Wildman–Crippen MR) is 108 cm³/mol. The molecule has 26 heavy (non-hydrogen) atoms. The lowest BCUT2D eigenvalue weighted by atomic mass is 9.84. The van der Waals surface area contributed by atoms with Crippen LogP contribution in [0.4, 0.5) is 0 Å². The molecule has 2 fully saturated rings. The van der Waals surface area contributed by atoms with Crippen LogP contribution in [0.15, 0.2) is 29.2 Å². The average molecular weight is 373 g/mol. The van der Waals surface area contributed by atoms with E-state index < -0.39 is 0 Å². The van der Waals surface area contributed by atoms with Crippen LogP contribution < -0.4 is 10.6 Å². The van der Waals surface area contributed by atoms with Crippen LogP contribution in [-0.2, 0) is 9.59 Å². The van der Waals surface area contributed by atoms with Crippen LogP contribution in [0, 0.1) is 12.8 Å². The first kappa shape index (κ1) is 19.0. The highest BCUT2D eigenvalue weighted by atomic mass is 32.2. The summed E-state index contributed by atoms with van der Waals surface area (Å²) in [7, 11) is 0. The molecule has 5 heteroatoms. The second-order valence-corrected chi connectivity index (χ2v) is 8.59. The minimum Gasteiger partial charge on any atom is -0.356 e. The van der Waals surface area contributed by atoms with Gasteiger partial charge in [-0.25, -0.2) is 0 Å². The third kappa shape index (κ3) is 4.70. The molecule has 1 aromatic carbocycles. The van der Waals surface area contributed by atoms with E-state index in [2.05, 4.69) is 36.6 Å². The lowest BCUT2D eigenvalue weighted by molar-refractivity contribution is -0.127. The van der Waals surface area contributed by atoms with Crippen molar-refractivity contribution in [3.05, 3.63) is 40.3 Å². The standard InChI is InChI=1S/C21H28N2O2S/c1-3-4-10-22-20(24)16-8-9-18-17(13-16)23-21(25)19(26-18)12-15-7-5-6-14(2)11-15/h5-7,11-12,16-18H,3-4,8-10,13H2,1-2H3,(H,22,24)(H,23,25)/b19-12+. The summed E-state index contributed by atoms with van der Waals surface area (Å²) in [6, 6.07) is 8.27. The summed E-state index contributed by atoms with van der Waals surface area (Å²) in [5, 5.41) is 6.55. The zero-order valence-electron chi connectivity index (χ0n) is 15.6. The Morgan fingerprint density at radius 1 is 1.38 bits per heavy atom. The number of rotatable bonds is 5. The minimum absolute atomic E-state index is 0.00945. The zero-order chi connectivity index (χ0) is 18.5. The fourth-order valence-electron chi connectivity index (χ4n) is 3.67. The van der Waals surface area contributed by atoms with Gasteiger partial charge in [0, 0.05) is 23.8 Å². The summed E-state index contributed by atoms with van der Waals surface area (Å²) in [5.74, 6) is 0.165. The van der Waals surface area contributed by atoms with Gasteiger partial charge in [0.05, 0.1) is 4.91 Å². The van der Waals surface area contributed by atoms with Crippen molar-refractivity contribution in [1.82, 2.24) is 10.6 Å². The van der Waals surface area contributed by atoms with Gasteiger partial charge in [0.1, 0.15) is 0 Å². The van der Waals surface area contributed by atoms with Crippen LogP contribution >= 0.6 is 11.8 Å². The van der Waals surface area contributed by atoms with Gasteiger partial charge in [-0.1, -0.05) is 43.2 Å². The molecule has 140 valence electrons. The molecule has 0 bridgehead atoms. The van der Waals surface area contributed by atoms with Crippen molar-refractivity contribution in [2.24, 2.45) is 5.92 Å². The van der Waals surface area contributed by atoms with Crippen molar-refractivity contribution in [2.45, 2.75) is 57.2 Å². The normalized spacial score (nSPS) is 26.9. The molecule has 2 aliphatic rings. The molecule has 0 aromatic heterocycles. The second-order valence-electron chi connectivity index (χ2n) is 7.31. The van der Waals surface area contributed by atoms with Gasteiger partial charge in [-0.15, -0.1) is 11.8 Å². The van der Waals surface area contributed by atoms with E-state index in [0.717, 1.165) is 49.1 Å². The number of carbonyl (C=O) groups is 2. The molecule has 1 heterocycles. The molecule has 1 saturated heterocycles. The molecule has 0 radical (unpaired) electrons. The van der Waals surface area contributed by atoms with Crippen LogP contribution in [0.1, 0.15) is 50.2 Å². The maximum atomic E-state index is 12.5. The fraction of sp³-hybridized carbons (Fsp3) is 0.524. The summed E-state index contributed by atoms with van der Waals surface area (Å²) in [4.78, 5) is 25.6. The van der Waals surface area contributed by atoms with E-state index in [4.69, 9.17) is 0 Å². The van der Waals surface area contributed by atoms with Crippen molar-refractivity contribution < 1.29 is 9.59 Å². The molecule has 1 aliphatic carbocycles. The highest BCUT2D eigenvalue weighted by Gasteiger charge is 2.39. The zero-order valence-corrected chi connectivity index (χ0v) is 16.4. The van der Waals surface area contributed by atoms with Gasteiger partial charge in [0.15, 0.2) is 0 Å². The van der Waals surface area contributed by atoms with Gasteiger partial charge >= 0.3 is 0 Å². The summed E-state index contributed by atoms with van der Waals surface area (Å²) in [6.45, 7) is 4.93. The summed E-state index contributed by atoms with van der Waals surface area (Å²) < 4.78 is 0. The first-order valence-corrected chi connectivity index (χ1v) is 10.5. The largest absolute Gasteiger partial charge is 0.356 e. The summed E-state index contributed by atoms with van der Waals surface area (Å²) >= 11 is 1.68. The topological polar surface area (TPSA) is 58.2 Å². The Morgan fingerprint density at radius 2 is 2.23 bits per heavy atom. The highest BCUT2D eigenvalue weighted by molar-refractivity contribution is 8.04. The number of benzene rings is 1. The van der Waals surface area contributed by atoms with Crippen LogP contribution in [0.25, 0.3) is 6.08 Å². The van der Waals surface area contributed by atoms with E-state index in [-0.39, 0.29) is 23.8 Å². The van der Waals surface area contributed by atoms with Crippen molar-refractivity contribution in [1.29, 1.82) is 0 Å². The van der Waals surface area contributed by atoms with Crippen molar-refractivity contribution in [3.63, 3.8) is 0 Å². The Balaban J connectivity index is 1.61. The lowest BCUT2D eigenvalue weighted by Gasteiger charge is -2.39. The molecule has 3 atom stereocenters. The van der Waals surface area contributed by atoms with Gasteiger partial charge in [-0.2, -0.15) is 0 Å². The second kappa shape index (κ2) is 8.76. The van der Waals surface area contributed by atoms with Crippen molar-refractivity contribution in [2.75, 3.05) is 6.54 Å². The maximum absolute atomic E-state index is 12.5. The number of fused-ring (bicyclic) bond motifs is 1. The molecule has 2 amide bonds. The number of carbonyl (C=O) groups excluding carboxylic acids is 2. The van der Waals surface area contributed by atoms with Crippen LogP contribution in [-0.4, -0.2) is 29.7 Å². The van der Waals surface area contributed by atoms with E-state index in [1.165, 1.54) is 5.56 Å². The molecule has 0 spiro atoms. The van der Waals surface area contributed by atoms with E-state index in [9.17, 15) is 9.59 Å². The van der Waals surface area contributed by atoms with Gasteiger partial charge in [-0.05, 0) is 44.2 Å². The van der Waals surface area contributed by atoms with Crippen LogP contribution in [0.2, 0.25) is 0 Å². The Hall–Kier alpha value is -1.75. The summed E-state index contributed by atoms with van der Waals surface area (Å²) in [5.41, 5.74) is 2.25. The molecule has 4 nitrogen and oxygen atoms in total. The quantitative estimate of drug-likeness (QED) is 0.613. The molecular formula is C21H28N2O2S. The Kier molecular flexibility index (Phi) is 6.41. The van der Waals surface area contributed by atoms with Crippen LogP contribution in [0.5, 0.6) is 0 Å². The van der Waals surface area contributed by atoms with E-state index in [0.29, 0.717) is 5.25 Å². The number of nitrogens with one attached hydrogen (secondary N) is 2. The van der Waals surface area contributed by atoms with Gasteiger partial charge in [0.2, 0.25) is 5.91 Å². The minimum atomic E-state index is -0.00945. The molecule has 2 N–H and O–H groups in total. The van der Waals surface area contributed by atoms with Gasteiger partial charge in [-0.3, -0.25) is 9.59 Å². The average Bonchev–Trinajstić information content (AvgIpc) is 2.62. The Bertz CT molecular complexity index is 701. The monoisotopic (exact) mass is 372 g/mol. The first-order chi connectivity index (χ1) is 12.6. The van der Waals surface area contributed by atoms with E-state index >= 15 is 0 Å². The van der Waals surface area contributed by atoms with E-state index in [1.54, 1.807) is 11.8 Å². The van der Waals surface area contributed by atoms with Crippen LogP contribution in [0.3, 0.4) is 0 Å². The smallest absolute Gasteiger partial charge is 0.257 e. The number of amides is 2. The summed E-state index contributed by atoms with van der Waals surface area (Å²) in [6.07, 6.45) is 6.70. The predicted octanol–water partition coefficient (Wildman–Crippen LogP) is 3.65. The number of thioether (sulfide) groups is 1. The maximum Gasteiger partial charge on any atom is 0.257 e. The molecular weight excluding hydrogens is 344 g/mol. The third-order valence-corrected chi connectivity index (χ3v) is 6.57. The van der Waals surface area contributed by atoms with Crippen molar-refractivity contribution >= 4 is 29.7 Å². The molecule has 1 aliphatic heterocycles.